The zero-order valence-corrected chi connectivity index (χ0v) is 13.9. The van der Waals surface area contributed by atoms with Crippen molar-refractivity contribution in [3.63, 3.8) is 0 Å². The van der Waals surface area contributed by atoms with Crippen LogP contribution in [-0.4, -0.2) is 16.2 Å². The summed E-state index contributed by atoms with van der Waals surface area (Å²) in [5.41, 5.74) is 0. The van der Waals surface area contributed by atoms with E-state index in [-0.39, 0.29) is 0 Å². The van der Waals surface area contributed by atoms with Crippen molar-refractivity contribution in [3.8, 4) is 0 Å². The summed E-state index contributed by atoms with van der Waals surface area (Å²) in [5.74, 6) is 0. The highest BCUT2D eigenvalue weighted by molar-refractivity contribution is 9.13. The molecule has 0 bridgehead atoms. The molecule has 0 spiro atoms. The van der Waals surface area contributed by atoms with E-state index in [9.17, 15) is 0 Å². The minimum Gasteiger partial charge on any atom is -0.361 e. The number of hydrogen-bond donors (Lipinski definition) is 0. The average Bonchev–Trinajstić information content (AvgIpc) is 2.49. The van der Waals surface area contributed by atoms with Crippen LogP contribution in [0, 0.1) is 0 Å². The maximum Gasteiger partial charge on any atom is 0.181 e. The van der Waals surface area contributed by atoms with E-state index >= 15 is 0 Å². The topological polar surface area (TPSA) is 27.1 Å². The van der Waals surface area contributed by atoms with E-state index in [0.717, 1.165) is 27.0 Å². The lowest BCUT2D eigenvalue weighted by atomic mass is 10.2. The van der Waals surface area contributed by atoms with E-state index in [4.69, 9.17) is 4.74 Å². The Bertz CT molecular complexity index is 328. The Morgan fingerprint density at radius 1 is 1.19 bits per heavy atom. The summed E-state index contributed by atoms with van der Waals surface area (Å²) < 4.78 is 9.95. The van der Waals surface area contributed by atoms with Crippen molar-refractivity contribution in [1.29, 1.82) is 0 Å². The van der Waals surface area contributed by atoms with Crippen LogP contribution in [0.4, 0.5) is 0 Å². The smallest absolute Gasteiger partial charge is 0.181 e. The van der Waals surface area contributed by atoms with Crippen LogP contribution in [0.5, 0.6) is 0 Å². The van der Waals surface area contributed by atoms with Crippen molar-refractivity contribution in [2.24, 2.45) is 0 Å². The lowest BCUT2D eigenvalue weighted by Crippen LogP contribution is -2.04. The fourth-order valence-corrected chi connectivity index (χ4v) is 2.95. The number of halogens is 3. The summed E-state index contributed by atoms with van der Waals surface area (Å²) in [6.45, 7) is 3.53. The molecule has 3 nitrogen and oxygen atoms in total. The first-order chi connectivity index (χ1) is 7.66. The Kier molecular flexibility index (Phi) is 7.19. The molecule has 0 unspecified atom stereocenters. The van der Waals surface area contributed by atoms with Gasteiger partial charge in [0.15, 0.2) is 4.73 Å². The molecule has 0 saturated carbocycles. The van der Waals surface area contributed by atoms with Gasteiger partial charge in [0, 0.05) is 6.61 Å². The molecular formula is C10H15Br3N2O. The molecule has 0 aliphatic carbocycles. The minimum absolute atomic E-state index is 0.520. The van der Waals surface area contributed by atoms with E-state index in [1.54, 1.807) is 0 Å². The van der Waals surface area contributed by atoms with Gasteiger partial charge in [0.05, 0.1) is 0 Å². The molecule has 0 amide bonds. The number of aromatic nitrogens is 2. The molecular weight excluding hydrogens is 404 g/mol. The Labute approximate surface area is 121 Å². The summed E-state index contributed by atoms with van der Waals surface area (Å²) in [6.07, 6.45) is 4.91. The lowest BCUT2D eigenvalue weighted by Gasteiger charge is -2.07. The Hall–Kier alpha value is 0.610. The van der Waals surface area contributed by atoms with Crippen molar-refractivity contribution >= 4 is 47.8 Å². The molecule has 0 aliphatic heterocycles. The van der Waals surface area contributed by atoms with Crippen LogP contribution in [0.2, 0.25) is 0 Å². The monoisotopic (exact) mass is 416 g/mol. The molecule has 1 aromatic heterocycles. The van der Waals surface area contributed by atoms with Gasteiger partial charge in [0.2, 0.25) is 0 Å². The molecule has 0 aromatic carbocycles. The first kappa shape index (κ1) is 14.7. The standard InChI is InChI=1S/C10H15Br3N2O/c1-2-3-4-5-6-16-7-15-9(12)8(11)14-10(15)13/h2-7H2,1H3. The highest BCUT2D eigenvalue weighted by Gasteiger charge is 2.10. The largest absolute Gasteiger partial charge is 0.361 e. The molecule has 0 atom stereocenters. The molecule has 0 N–H and O–H groups in total. The zero-order chi connectivity index (χ0) is 12.0. The number of hydrogen-bond acceptors (Lipinski definition) is 2. The van der Waals surface area contributed by atoms with Gasteiger partial charge in [-0.25, -0.2) is 4.98 Å². The summed E-state index contributed by atoms with van der Waals surface area (Å²) in [5, 5.41) is 0. The van der Waals surface area contributed by atoms with E-state index in [1.165, 1.54) is 19.3 Å². The second-order valence-corrected chi connectivity index (χ2v) is 5.70. The minimum atomic E-state index is 0.520. The average molecular weight is 419 g/mol. The summed E-state index contributed by atoms with van der Waals surface area (Å²) in [4.78, 5) is 4.21. The van der Waals surface area contributed by atoms with Crippen LogP contribution in [0.3, 0.4) is 0 Å². The van der Waals surface area contributed by atoms with Crippen LogP contribution in [0.15, 0.2) is 13.9 Å². The first-order valence-electron chi connectivity index (χ1n) is 5.31. The summed E-state index contributed by atoms with van der Waals surface area (Å²) >= 11 is 10.2. The van der Waals surface area contributed by atoms with Gasteiger partial charge in [-0.05, 0) is 54.2 Å². The van der Waals surface area contributed by atoms with Crippen molar-refractivity contribution in [1.82, 2.24) is 9.55 Å². The van der Waals surface area contributed by atoms with Crippen LogP contribution in [0.1, 0.15) is 32.6 Å². The predicted molar refractivity (Wildman–Crippen MR) is 75.4 cm³/mol. The van der Waals surface area contributed by atoms with Gasteiger partial charge in [0.25, 0.3) is 0 Å². The van der Waals surface area contributed by atoms with Crippen molar-refractivity contribution < 1.29 is 4.74 Å². The van der Waals surface area contributed by atoms with Crippen LogP contribution >= 0.6 is 47.8 Å². The third-order valence-electron chi connectivity index (χ3n) is 2.18. The van der Waals surface area contributed by atoms with Crippen molar-refractivity contribution in [2.45, 2.75) is 39.3 Å². The van der Waals surface area contributed by atoms with Gasteiger partial charge < -0.3 is 4.74 Å². The van der Waals surface area contributed by atoms with Crippen molar-refractivity contribution in [2.75, 3.05) is 6.61 Å². The van der Waals surface area contributed by atoms with E-state index < -0.39 is 0 Å². The maximum atomic E-state index is 5.58. The number of unbranched alkanes of at least 4 members (excludes halogenated alkanes) is 3. The summed E-state index contributed by atoms with van der Waals surface area (Å²) in [6, 6.07) is 0. The van der Waals surface area contributed by atoms with E-state index in [1.807, 2.05) is 4.57 Å². The Morgan fingerprint density at radius 3 is 2.50 bits per heavy atom. The molecule has 1 rings (SSSR count). The molecule has 6 heteroatoms. The fraction of sp³-hybridized carbons (Fsp3) is 0.700. The molecule has 0 aliphatic rings. The van der Waals surface area contributed by atoms with Gasteiger partial charge in [0.1, 0.15) is 15.9 Å². The third-order valence-corrected chi connectivity index (χ3v) is 4.68. The second-order valence-electron chi connectivity index (χ2n) is 3.49. The van der Waals surface area contributed by atoms with E-state index in [2.05, 4.69) is 59.7 Å². The predicted octanol–water partition coefficient (Wildman–Crippen LogP) is 4.73. The molecule has 0 saturated heterocycles. The molecule has 1 heterocycles. The lowest BCUT2D eigenvalue weighted by molar-refractivity contribution is 0.0711. The SMILES string of the molecule is CCCCCCOCn1c(Br)nc(Br)c1Br. The molecule has 0 fully saturated rings. The van der Waals surface area contributed by atoms with E-state index in [0.29, 0.717) is 6.73 Å². The number of nitrogens with zero attached hydrogens (tertiary/aromatic N) is 2. The highest BCUT2D eigenvalue weighted by Crippen LogP contribution is 2.26. The second kappa shape index (κ2) is 7.84. The normalized spacial score (nSPS) is 11.0. The number of imidazole rings is 1. The van der Waals surface area contributed by atoms with Crippen LogP contribution < -0.4 is 0 Å². The summed E-state index contributed by atoms with van der Waals surface area (Å²) in [7, 11) is 0. The van der Waals surface area contributed by atoms with Crippen LogP contribution in [-0.2, 0) is 11.5 Å². The molecule has 16 heavy (non-hydrogen) atoms. The zero-order valence-electron chi connectivity index (χ0n) is 9.18. The highest BCUT2D eigenvalue weighted by atomic mass is 79.9. The van der Waals surface area contributed by atoms with Crippen LogP contribution in [0.25, 0.3) is 0 Å². The Balaban J connectivity index is 2.26. The number of rotatable bonds is 7. The van der Waals surface area contributed by atoms with Gasteiger partial charge >= 0.3 is 0 Å². The number of ether oxygens (including phenoxy) is 1. The third kappa shape index (κ3) is 4.47. The molecule has 92 valence electrons. The Morgan fingerprint density at radius 2 is 1.94 bits per heavy atom. The molecule has 0 radical (unpaired) electrons. The van der Waals surface area contributed by atoms with Gasteiger partial charge in [-0.3, -0.25) is 4.57 Å². The molecule has 1 aromatic rings. The first-order valence-corrected chi connectivity index (χ1v) is 7.69. The van der Waals surface area contributed by atoms with Gasteiger partial charge in [-0.15, -0.1) is 0 Å². The maximum absolute atomic E-state index is 5.58. The van der Waals surface area contributed by atoms with Crippen molar-refractivity contribution in [3.05, 3.63) is 13.9 Å². The quantitative estimate of drug-likeness (QED) is 0.599. The fourth-order valence-electron chi connectivity index (χ4n) is 1.28. The van der Waals surface area contributed by atoms with Gasteiger partial charge in [-0.1, -0.05) is 26.2 Å². The van der Waals surface area contributed by atoms with Gasteiger partial charge in [-0.2, -0.15) is 0 Å².